The molecular weight excluding hydrogens is 275 g/mol. The van der Waals surface area contributed by atoms with Gasteiger partial charge in [-0.1, -0.05) is 41.9 Å². The van der Waals surface area contributed by atoms with E-state index in [0.717, 1.165) is 24.0 Å². The van der Waals surface area contributed by atoms with Crippen molar-refractivity contribution in [2.75, 3.05) is 0 Å². The van der Waals surface area contributed by atoms with Gasteiger partial charge in [-0.2, -0.15) is 0 Å². The average Bonchev–Trinajstić information content (AvgIpc) is 2.45. The van der Waals surface area contributed by atoms with Crippen LogP contribution in [0.2, 0.25) is 5.02 Å². The van der Waals surface area contributed by atoms with Gasteiger partial charge >= 0.3 is 0 Å². The fourth-order valence-corrected chi connectivity index (χ4v) is 2.97. The first kappa shape index (κ1) is 13.3. The van der Waals surface area contributed by atoms with Crippen LogP contribution in [-0.2, 0) is 12.8 Å². The van der Waals surface area contributed by atoms with Gasteiger partial charge in [0, 0.05) is 16.5 Å². The Balaban J connectivity index is 1.85. The van der Waals surface area contributed by atoms with Gasteiger partial charge in [0.25, 0.3) is 0 Å². The minimum Gasteiger partial charge on any atom is -0.294 e. The Morgan fingerprint density at radius 3 is 2.80 bits per heavy atom. The molecule has 0 saturated carbocycles. The van der Waals surface area contributed by atoms with Gasteiger partial charge in [0.15, 0.2) is 5.78 Å². The Morgan fingerprint density at radius 2 is 2.00 bits per heavy atom. The molecule has 0 heterocycles. The molecule has 1 aliphatic rings. The van der Waals surface area contributed by atoms with Crippen LogP contribution in [0.1, 0.15) is 27.9 Å². The van der Waals surface area contributed by atoms with Crippen LogP contribution in [0, 0.1) is 11.7 Å². The summed E-state index contributed by atoms with van der Waals surface area (Å²) >= 11 is 5.75. The summed E-state index contributed by atoms with van der Waals surface area (Å²) in [5, 5.41) is 0.381. The lowest BCUT2D eigenvalue weighted by Gasteiger charge is -2.23. The summed E-state index contributed by atoms with van der Waals surface area (Å²) in [6.45, 7) is 0. The van der Waals surface area contributed by atoms with Crippen molar-refractivity contribution in [3.05, 3.63) is 70.0 Å². The minimum atomic E-state index is -0.329. The molecule has 0 N–H and O–H groups in total. The van der Waals surface area contributed by atoms with E-state index in [4.69, 9.17) is 11.6 Å². The molecule has 3 heteroatoms. The third-order valence-electron chi connectivity index (χ3n) is 3.90. The highest BCUT2D eigenvalue weighted by atomic mass is 35.5. The fourth-order valence-electron chi connectivity index (χ4n) is 2.81. The smallest absolute Gasteiger partial charge is 0.166 e. The zero-order valence-electron chi connectivity index (χ0n) is 10.9. The molecular formula is C17H14ClFO. The van der Waals surface area contributed by atoms with E-state index in [1.807, 2.05) is 24.3 Å². The van der Waals surface area contributed by atoms with Gasteiger partial charge in [0.1, 0.15) is 5.82 Å². The largest absolute Gasteiger partial charge is 0.294 e. The van der Waals surface area contributed by atoms with Crippen molar-refractivity contribution in [3.63, 3.8) is 0 Å². The third-order valence-corrected chi connectivity index (χ3v) is 4.13. The topological polar surface area (TPSA) is 17.1 Å². The number of benzene rings is 2. The number of carbonyl (C=O) groups excluding carboxylic acids is 1. The highest BCUT2D eigenvalue weighted by Gasteiger charge is 2.27. The molecule has 0 radical (unpaired) electrons. The van der Waals surface area contributed by atoms with Crippen molar-refractivity contribution in [1.82, 2.24) is 0 Å². The van der Waals surface area contributed by atoms with Crippen molar-refractivity contribution in [2.24, 2.45) is 5.92 Å². The van der Waals surface area contributed by atoms with Crippen LogP contribution >= 0.6 is 11.6 Å². The summed E-state index contributed by atoms with van der Waals surface area (Å²) in [4.78, 5) is 12.5. The van der Waals surface area contributed by atoms with Crippen LogP contribution in [0.5, 0.6) is 0 Å². The Kier molecular flexibility index (Phi) is 3.58. The molecule has 0 fully saturated rings. The van der Waals surface area contributed by atoms with Crippen LogP contribution in [-0.4, -0.2) is 5.78 Å². The predicted octanol–water partition coefficient (Wildman–Crippen LogP) is 4.47. The highest BCUT2D eigenvalue weighted by molar-refractivity contribution is 6.30. The van der Waals surface area contributed by atoms with Crippen molar-refractivity contribution in [3.8, 4) is 0 Å². The molecule has 0 spiro atoms. The van der Waals surface area contributed by atoms with Crippen LogP contribution in [0.25, 0.3) is 0 Å². The van der Waals surface area contributed by atoms with Gasteiger partial charge in [-0.25, -0.2) is 4.39 Å². The summed E-state index contributed by atoms with van der Waals surface area (Å²) in [5.41, 5.74) is 2.45. The Labute approximate surface area is 122 Å². The van der Waals surface area contributed by atoms with E-state index in [-0.39, 0.29) is 17.5 Å². The first-order chi connectivity index (χ1) is 9.65. The first-order valence-electron chi connectivity index (χ1n) is 6.71. The Morgan fingerprint density at radius 1 is 1.20 bits per heavy atom. The van der Waals surface area contributed by atoms with Crippen LogP contribution in [0.4, 0.5) is 4.39 Å². The van der Waals surface area contributed by atoms with Crippen molar-refractivity contribution in [2.45, 2.75) is 19.3 Å². The molecule has 0 saturated heterocycles. The standard InChI is InChI=1S/C17H14ClFO/c18-14-8-7-12(16(19)10-14)9-13-6-5-11-3-1-2-4-15(11)17(13)20/h1-4,7-8,10,13H,5-6,9H2. The second kappa shape index (κ2) is 5.37. The molecule has 1 nitrogen and oxygen atoms in total. The molecule has 20 heavy (non-hydrogen) atoms. The molecule has 1 unspecified atom stereocenters. The number of hydrogen-bond donors (Lipinski definition) is 0. The number of fused-ring (bicyclic) bond motifs is 1. The molecule has 0 amide bonds. The van der Waals surface area contributed by atoms with E-state index in [0.29, 0.717) is 17.0 Å². The van der Waals surface area contributed by atoms with E-state index in [1.54, 1.807) is 12.1 Å². The van der Waals surface area contributed by atoms with Gasteiger partial charge in [-0.05, 0) is 42.5 Å². The quantitative estimate of drug-likeness (QED) is 0.797. The monoisotopic (exact) mass is 288 g/mol. The minimum absolute atomic E-state index is 0.126. The Hall–Kier alpha value is -1.67. The second-order valence-electron chi connectivity index (χ2n) is 5.20. The van der Waals surface area contributed by atoms with Crippen molar-refractivity contribution >= 4 is 17.4 Å². The van der Waals surface area contributed by atoms with Gasteiger partial charge in [-0.3, -0.25) is 4.79 Å². The van der Waals surface area contributed by atoms with E-state index in [2.05, 4.69) is 0 Å². The number of Topliss-reactive ketones (excluding diaryl/α,β-unsaturated/α-hetero) is 1. The average molecular weight is 289 g/mol. The van der Waals surface area contributed by atoms with E-state index >= 15 is 0 Å². The number of carbonyl (C=O) groups is 1. The van der Waals surface area contributed by atoms with Gasteiger partial charge < -0.3 is 0 Å². The zero-order valence-corrected chi connectivity index (χ0v) is 11.7. The van der Waals surface area contributed by atoms with E-state index < -0.39 is 0 Å². The maximum Gasteiger partial charge on any atom is 0.166 e. The molecule has 1 aliphatic carbocycles. The number of ketones is 1. The highest BCUT2D eigenvalue weighted by Crippen LogP contribution is 2.29. The lowest BCUT2D eigenvalue weighted by molar-refractivity contribution is 0.0901. The van der Waals surface area contributed by atoms with Crippen molar-refractivity contribution in [1.29, 1.82) is 0 Å². The molecule has 102 valence electrons. The number of hydrogen-bond acceptors (Lipinski definition) is 1. The van der Waals surface area contributed by atoms with Crippen LogP contribution in [0.15, 0.2) is 42.5 Å². The lowest BCUT2D eigenvalue weighted by Crippen LogP contribution is -2.24. The number of rotatable bonds is 2. The maximum atomic E-state index is 13.8. The Bertz CT molecular complexity index is 666. The van der Waals surface area contributed by atoms with E-state index in [1.165, 1.54) is 6.07 Å². The number of halogens is 2. The zero-order chi connectivity index (χ0) is 14.1. The van der Waals surface area contributed by atoms with Gasteiger partial charge in [0.2, 0.25) is 0 Å². The summed E-state index contributed by atoms with van der Waals surface area (Å²) in [6, 6.07) is 12.3. The molecule has 0 bridgehead atoms. The van der Waals surface area contributed by atoms with E-state index in [9.17, 15) is 9.18 Å². The molecule has 2 aromatic rings. The lowest BCUT2D eigenvalue weighted by atomic mass is 9.80. The first-order valence-corrected chi connectivity index (χ1v) is 7.09. The summed E-state index contributed by atoms with van der Waals surface area (Å²) in [5.74, 6) is -0.342. The molecule has 0 aromatic heterocycles. The second-order valence-corrected chi connectivity index (χ2v) is 5.63. The molecule has 1 atom stereocenters. The summed E-state index contributed by atoms with van der Waals surface area (Å²) < 4.78 is 13.8. The van der Waals surface area contributed by atoms with Crippen LogP contribution < -0.4 is 0 Å². The molecule has 0 aliphatic heterocycles. The molecule has 2 aromatic carbocycles. The maximum absolute atomic E-state index is 13.8. The number of aryl methyl sites for hydroxylation is 1. The summed E-state index contributed by atoms with van der Waals surface area (Å²) in [7, 11) is 0. The third kappa shape index (κ3) is 2.48. The van der Waals surface area contributed by atoms with Gasteiger partial charge in [-0.15, -0.1) is 0 Å². The fraction of sp³-hybridized carbons (Fsp3) is 0.235. The SMILES string of the molecule is O=C1c2ccccc2CCC1Cc1ccc(Cl)cc1F. The summed E-state index contributed by atoms with van der Waals surface area (Å²) in [6.07, 6.45) is 2.09. The van der Waals surface area contributed by atoms with Crippen molar-refractivity contribution < 1.29 is 9.18 Å². The van der Waals surface area contributed by atoms with Crippen LogP contribution in [0.3, 0.4) is 0 Å². The molecule has 3 rings (SSSR count). The predicted molar refractivity (Wildman–Crippen MR) is 77.7 cm³/mol. The van der Waals surface area contributed by atoms with Gasteiger partial charge in [0.05, 0.1) is 0 Å². The normalized spacial score (nSPS) is 17.9.